The first-order valence-corrected chi connectivity index (χ1v) is 4.90. The molecule has 0 aliphatic carbocycles. The molecule has 0 aromatic heterocycles. The summed E-state index contributed by atoms with van der Waals surface area (Å²) in [7, 11) is 0. The van der Waals surface area contributed by atoms with E-state index >= 15 is 0 Å². The number of hydrogen-bond acceptors (Lipinski definition) is 1. The highest BCUT2D eigenvalue weighted by Gasteiger charge is 2.05. The Morgan fingerprint density at radius 3 is 2.86 bits per heavy atom. The fourth-order valence-corrected chi connectivity index (χ4v) is 1.24. The molecule has 0 saturated carbocycles. The van der Waals surface area contributed by atoms with Gasteiger partial charge in [-0.1, -0.05) is 29.3 Å². The second-order valence-corrected chi connectivity index (χ2v) is 3.53. The average Bonchev–Trinajstić information content (AvgIpc) is 2.16. The molecule has 0 amide bonds. The van der Waals surface area contributed by atoms with E-state index in [0.717, 1.165) is 5.57 Å². The van der Waals surface area contributed by atoms with Crippen molar-refractivity contribution in [1.29, 1.82) is 0 Å². The summed E-state index contributed by atoms with van der Waals surface area (Å²) in [6, 6.07) is 4.55. The molecule has 4 heteroatoms. The Balaban J connectivity index is 2.76. The normalized spacial score (nSPS) is 11.6. The number of halogens is 3. The second-order valence-electron chi connectivity index (χ2n) is 2.91. The van der Waals surface area contributed by atoms with Crippen LogP contribution in [0.15, 0.2) is 29.3 Å². The molecular weight excluding hydrogens is 224 g/mol. The van der Waals surface area contributed by atoms with Crippen molar-refractivity contribution in [3.63, 3.8) is 0 Å². The monoisotopic (exact) mass is 233 g/mol. The van der Waals surface area contributed by atoms with Crippen LogP contribution >= 0.6 is 23.2 Å². The van der Waals surface area contributed by atoms with E-state index in [1.807, 2.05) is 6.92 Å². The number of rotatable bonds is 3. The molecule has 0 saturated heterocycles. The zero-order chi connectivity index (χ0) is 10.6. The van der Waals surface area contributed by atoms with Crippen LogP contribution in [0.4, 0.5) is 10.1 Å². The molecule has 0 aliphatic rings. The standard InChI is InChI=1S/C10H10Cl2FN/c1-7(5-11)6-14-10-8(12)3-2-4-9(10)13/h2-5,14H,6H2,1H3/b7-5-. The number of nitrogens with one attached hydrogen (secondary N) is 1. The van der Waals surface area contributed by atoms with Gasteiger partial charge in [0.05, 0.1) is 10.7 Å². The first kappa shape index (κ1) is 11.3. The molecule has 0 bridgehead atoms. The molecule has 1 nitrogen and oxygen atoms in total. The van der Waals surface area contributed by atoms with Crippen LogP contribution < -0.4 is 5.32 Å². The summed E-state index contributed by atoms with van der Waals surface area (Å²) in [5.41, 5.74) is 2.67. The van der Waals surface area contributed by atoms with Crippen molar-refractivity contribution in [2.75, 3.05) is 11.9 Å². The van der Waals surface area contributed by atoms with Crippen molar-refractivity contribution < 1.29 is 4.39 Å². The summed E-state index contributed by atoms with van der Waals surface area (Å²) in [5.74, 6) is -0.361. The van der Waals surface area contributed by atoms with Gasteiger partial charge in [-0.15, -0.1) is 0 Å². The zero-order valence-electron chi connectivity index (χ0n) is 7.65. The molecule has 1 aromatic rings. The molecule has 0 spiro atoms. The highest BCUT2D eigenvalue weighted by molar-refractivity contribution is 6.33. The number of hydrogen-bond donors (Lipinski definition) is 1. The van der Waals surface area contributed by atoms with Crippen molar-refractivity contribution in [3.8, 4) is 0 Å². The van der Waals surface area contributed by atoms with E-state index in [9.17, 15) is 4.39 Å². The molecule has 0 aliphatic heterocycles. The van der Waals surface area contributed by atoms with Crippen LogP contribution in [0.25, 0.3) is 0 Å². The van der Waals surface area contributed by atoms with Crippen molar-refractivity contribution in [2.24, 2.45) is 0 Å². The summed E-state index contributed by atoms with van der Waals surface area (Å²) in [6.07, 6.45) is 0. The summed E-state index contributed by atoms with van der Waals surface area (Å²) in [6.45, 7) is 2.32. The summed E-state index contributed by atoms with van der Waals surface area (Å²) >= 11 is 11.3. The minimum absolute atomic E-state index is 0.312. The lowest BCUT2D eigenvalue weighted by Crippen LogP contribution is -2.04. The van der Waals surface area contributed by atoms with E-state index in [2.05, 4.69) is 5.32 Å². The van der Waals surface area contributed by atoms with Crippen molar-refractivity contribution in [2.45, 2.75) is 6.92 Å². The van der Waals surface area contributed by atoms with Crippen LogP contribution in [0.2, 0.25) is 5.02 Å². The zero-order valence-corrected chi connectivity index (χ0v) is 9.16. The Morgan fingerprint density at radius 1 is 1.57 bits per heavy atom. The molecule has 0 atom stereocenters. The highest BCUT2D eigenvalue weighted by atomic mass is 35.5. The fraction of sp³-hybridized carbons (Fsp3) is 0.200. The van der Waals surface area contributed by atoms with Gasteiger partial charge in [0, 0.05) is 12.1 Å². The Bertz CT molecular complexity index is 330. The van der Waals surface area contributed by atoms with Gasteiger partial charge in [0.25, 0.3) is 0 Å². The minimum atomic E-state index is -0.361. The van der Waals surface area contributed by atoms with Gasteiger partial charge in [-0.25, -0.2) is 4.39 Å². The third kappa shape index (κ3) is 2.89. The minimum Gasteiger partial charge on any atom is -0.378 e. The van der Waals surface area contributed by atoms with Gasteiger partial charge in [-0.05, 0) is 24.6 Å². The predicted molar refractivity (Wildman–Crippen MR) is 59.5 cm³/mol. The lowest BCUT2D eigenvalue weighted by molar-refractivity contribution is 0.631. The first-order chi connectivity index (χ1) is 6.65. The Kier molecular flexibility index (Phi) is 4.23. The van der Waals surface area contributed by atoms with Crippen LogP contribution in [0.5, 0.6) is 0 Å². The van der Waals surface area contributed by atoms with Gasteiger partial charge in [-0.3, -0.25) is 0 Å². The molecule has 1 aromatic carbocycles. The van der Waals surface area contributed by atoms with Gasteiger partial charge in [0.1, 0.15) is 5.82 Å². The Morgan fingerprint density at radius 2 is 2.29 bits per heavy atom. The maximum atomic E-state index is 13.2. The lowest BCUT2D eigenvalue weighted by Gasteiger charge is -2.08. The molecular formula is C10H10Cl2FN. The molecule has 0 radical (unpaired) electrons. The maximum Gasteiger partial charge on any atom is 0.147 e. The van der Waals surface area contributed by atoms with E-state index in [0.29, 0.717) is 17.3 Å². The highest BCUT2D eigenvalue weighted by Crippen LogP contribution is 2.24. The van der Waals surface area contributed by atoms with Gasteiger partial charge in [0.2, 0.25) is 0 Å². The average molecular weight is 234 g/mol. The van der Waals surface area contributed by atoms with Gasteiger partial charge in [-0.2, -0.15) is 0 Å². The van der Waals surface area contributed by atoms with E-state index in [4.69, 9.17) is 23.2 Å². The first-order valence-electron chi connectivity index (χ1n) is 4.09. The third-order valence-corrected chi connectivity index (χ3v) is 2.38. The molecule has 0 fully saturated rings. The maximum absolute atomic E-state index is 13.2. The van der Waals surface area contributed by atoms with Gasteiger partial charge in [0.15, 0.2) is 0 Å². The number of para-hydroxylation sites is 1. The molecule has 14 heavy (non-hydrogen) atoms. The largest absolute Gasteiger partial charge is 0.378 e. The second kappa shape index (κ2) is 5.23. The van der Waals surface area contributed by atoms with Crippen LogP contribution in [-0.4, -0.2) is 6.54 Å². The van der Waals surface area contributed by atoms with Crippen molar-refractivity contribution in [3.05, 3.63) is 40.1 Å². The van der Waals surface area contributed by atoms with Crippen LogP contribution in [0.3, 0.4) is 0 Å². The topological polar surface area (TPSA) is 12.0 Å². The summed E-state index contributed by atoms with van der Waals surface area (Å²) in [4.78, 5) is 0. The van der Waals surface area contributed by atoms with Gasteiger partial charge < -0.3 is 5.32 Å². The summed E-state index contributed by atoms with van der Waals surface area (Å²) < 4.78 is 13.2. The molecule has 76 valence electrons. The van der Waals surface area contributed by atoms with Crippen LogP contribution in [0.1, 0.15) is 6.92 Å². The third-order valence-electron chi connectivity index (χ3n) is 1.69. The summed E-state index contributed by atoms with van der Waals surface area (Å²) in [5, 5.41) is 3.24. The van der Waals surface area contributed by atoms with Crippen LogP contribution in [0, 0.1) is 5.82 Å². The number of benzene rings is 1. The Hall–Kier alpha value is -0.730. The van der Waals surface area contributed by atoms with E-state index in [-0.39, 0.29) is 5.82 Å². The predicted octanol–water partition coefficient (Wildman–Crippen LogP) is 4.03. The van der Waals surface area contributed by atoms with E-state index in [1.54, 1.807) is 12.1 Å². The van der Waals surface area contributed by atoms with Crippen molar-refractivity contribution in [1.82, 2.24) is 0 Å². The molecule has 0 heterocycles. The van der Waals surface area contributed by atoms with E-state index < -0.39 is 0 Å². The van der Waals surface area contributed by atoms with Crippen molar-refractivity contribution >= 4 is 28.9 Å². The Labute approximate surface area is 92.5 Å². The molecule has 1 N–H and O–H groups in total. The number of anilines is 1. The SMILES string of the molecule is C/C(=C/Cl)CNc1c(F)cccc1Cl. The molecule has 0 unspecified atom stereocenters. The van der Waals surface area contributed by atoms with E-state index in [1.165, 1.54) is 11.6 Å². The van der Waals surface area contributed by atoms with Crippen LogP contribution in [-0.2, 0) is 0 Å². The molecule has 1 rings (SSSR count). The smallest absolute Gasteiger partial charge is 0.147 e. The lowest BCUT2D eigenvalue weighted by atomic mass is 10.3. The van der Waals surface area contributed by atoms with Gasteiger partial charge >= 0.3 is 0 Å². The quantitative estimate of drug-likeness (QED) is 0.832. The fourth-order valence-electron chi connectivity index (χ4n) is 0.933.